The van der Waals surface area contributed by atoms with E-state index in [0.29, 0.717) is 17.5 Å². The van der Waals surface area contributed by atoms with Crippen LogP contribution in [0, 0.1) is 0 Å². The lowest BCUT2D eigenvalue weighted by atomic mass is 10.0. The van der Waals surface area contributed by atoms with Crippen LogP contribution in [-0.4, -0.2) is 24.1 Å². The Balaban J connectivity index is 0.968. The van der Waals surface area contributed by atoms with Crippen LogP contribution in [0.1, 0.15) is 0 Å². The molecule has 0 aliphatic heterocycles. The lowest BCUT2D eigenvalue weighted by molar-refractivity contribution is 0.669. The molecule has 0 fully saturated rings. The van der Waals surface area contributed by atoms with Crippen molar-refractivity contribution < 1.29 is 4.42 Å². The maximum atomic E-state index is 6.37. The molecule has 0 N–H and O–H groups in total. The highest BCUT2D eigenvalue weighted by atomic mass is 16.3. The molecule has 0 radical (unpaired) electrons. The van der Waals surface area contributed by atoms with Crippen LogP contribution in [0.2, 0.25) is 0 Å². The molecule has 10 aromatic carbocycles. The van der Waals surface area contributed by atoms with Crippen molar-refractivity contribution >= 4 is 65.6 Å². The van der Waals surface area contributed by atoms with Crippen molar-refractivity contribution in [3.8, 4) is 67.8 Å². The maximum Gasteiger partial charge on any atom is 0.164 e. The van der Waals surface area contributed by atoms with Crippen molar-refractivity contribution in [3.05, 3.63) is 237 Å². The van der Waals surface area contributed by atoms with E-state index in [1.807, 2.05) is 36.4 Å². The third-order valence-corrected chi connectivity index (χ3v) is 13.6. The fourth-order valence-electron chi connectivity index (χ4n) is 10.3. The van der Waals surface area contributed by atoms with E-state index in [1.54, 1.807) is 0 Å². The van der Waals surface area contributed by atoms with Crippen molar-refractivity contribution in [2.24, 2.45) is 0 Å². The number of furan rings is 1. The molecule has 4 heterocycles. The smallest absolute Gasteiger partial charge is 0.164 e. The Hall–Kier alpha value is -9.39. The molecule has 0 spiro atoms. The standard InChI is InChI=1S/C63H39N5O/c1-4-15-40(16-5-1)42-27-32-47(33-28-42)67-54-24-12-11-22-49(54)51-23-14-26-56(60(51)67)68-55-25-13-10-21-48(55)50-34-29-46(39-57(50)68)63-65-61(43-19-8-3-9-20-43)64-62(66-63)45-31-36-59-53(38-45)52-37-44(30-35-58(52)69-59)41-17-6-2-7-18-41/h1-39H. The van der Waals surface area contributed by atoms with Crippen molar-refractivity contribution in [2.45, 2.75) is 0 Å². The first-order valence-corrected chi connectivity index (χ1v) is 23.3. The van der Waals surface area contributed by atoms with E-state index in [9.17, 15) is 0 Å². The van der Waals surface area contributed by atoms with Crippen molar-refractivity contribution in [2.75, 3.05) is 0 Å². The molecule has 0 saturated carbocycles. The zero-order valence-corrected chi connectivity index (χ0v) is 37.2. The second kappa shape index (κ2) is 15.6. The van der Waals surface area contributed by atoms with Crippen molar-refractivity contribution in [1.29, 1.82) is 0 Å². The lowest BCUT2D eigenvalue weighted by Gasteiger charge is -2.15. The Kier molecular flexibility index (Phi) is 8.79. The molecule has 0 amide bonds. The van der Waals surface area contributed by atoms with Gasteiger partial charge in [-0.15, -0.1) is 0 Å². The molecule has 0 aliphatic rings. The van der Waals surface area contributed by atoms with Gasteiger partial charge in [-0.05, 0) is 89.0 Å². The molecule has 6 nitrogen and oxygen atoms in total. The van der Waals surface area contributed by atoms with Gasteiger partial charge in [0.15, 0.2) is 17.5 Å². The Bertz CT molecular complexity index is 4280. The number of fused-ring (bicyclic) bond motifs is 9. The van der Waals surface area contributed by atoms with Crippen LogP contribution in [0.5, 0.6) is 0 Å². The quantitative estimate of drug-likeness (QED) is 0.160. The number of hydrogen-bond donors (Lipinski definition) is 0. The summed E-state index contributed by atoms with van der Waals surface area (Å²) >= 11 is 0. The van der Waals surface area contributed by atoms with E-state index in [1.165, 1.54) is 27.3 Å². The topological polar surface area (TPSA) is 61.7 Å². The highest BCUT2D eigenvalue weighted by molar-refractivity contribution is 6.15. The molecule has 0 atom stereocenters. The van der Waals surface area contributed by atoms with Crippen molar-refractivity contribution in [3.63, 3.8) is 0 Å². The molecule has 14 rings (SSSR count). The number of hydrogen-bond acceptors (Lipinski definition) is 4. The summed E-state index contributed by atoms with van der Waals surface area (Å²) in [5, 5.41) is 6.75. The fourth-order valence-corrected chi connectivity index (χ4v) is 10.3. The van der Waals surface area contributed by atoms with E-state index in [-0.39, 0.29) is 0 Å². The highest BCUT2D eigenvalue weighted by Gasteiger charge is 2.22. The van der Waals surface area contributed by atoms with Gasteiger partial charge in [0.25, 0.3) is 0 Å². The molecular weight excluding hydrogens is 843 g/mol. The maximum absolute atomic E-state index is 6.37. The van der Waals surface area contributed by atoms with Crippen LogP contribution in [0.15, 0.2) is 241 Å². The number of nitrogens with zero attached hydrogens (tertiary/aromatic N) is 5. The zero-order valence-electron chi connectivity index (χ0n) is 37.2. The summed E-state index contributed by atoms with van der Waals surface area (Å²) in [6.45, 7) is 0. The van der Waals surface area contributed by atoms with Gasteiger partial charge >= 0.3 is 0 Å². The van der Waals surface area contributed by atoms with Gasteiger partial charge in [0.1, 0.15) is 11.2 Å². The molecular formula is C63H39N5O. The fraction of sp³-hybridized carbons (Fsp3) is 0. The van der Waals surface area contributed by atoms with Gasteiger partial charge < -0.3 is 13.6 Å². The average molecular weight is 882 g/mol. The molecule has 14 aromatic rings. The van der Waals surface area contributed by atoms with Gasteiger partial charge in [-0.25, -0.2) is 15.0 Å². The number of para-hydroxylation sites is 3. The summed E-state index contributed by atoms with van der Waals surface area (Å²) in [6, 6.07) is 83.5. The Morgan fingerprint density at radius 2 is 0.725 bits per heavy atom. The first kappa shape index (κ1) is 38.8. The Labute approximate surface area is 396 Å². The Morgan fingerprint density at radius 1 is 0.275 bits per heavy atom. The minimum atomic E-state index is 0.586. The third-order valence-electron chi connectivity index (χ3n) is 13.6. The van der Waals surface area contributed by atoms with E-state index in [4.69, 9.17) is 19.4 Å². The molecule has 0 saturated heterocycles. The van der Waals surface area contributed by atoms with Crippen LogP contribution in [0.25, 0.3) is 133 Å². The van der Waals surface area contributed by atoms with E-state index < -0.39 is 0 Å². The van der Waals surface area contributed by atoms with Crippen molar-refractivity contribution in [1.82, 2.24) is 24.1 Å². The predicted molar refractivity (Wildman–Crippen MR) is 283 cm³/mol. The summed E-state index contributed by atoms with van der Waals surface area (Å²) < 4.78 is 11.2. The van der Waals surface area contributed by atoms with Gasteiger partial charge in [0.2, 0.25) is 0 Å². The van der Waals surface area contributed by atoms with Crippen LogP contribution in [0.4, 0.5) is 0 Å². The first-order chi connectivity index (χ1) is 34.2. The van der Waals surface area contributed by atoms with Gasteiger partial charge in [0, 0.05) is 54.7 Å². The van der Waals surface area contributed by atoms with E-state index in [2.05, 4.69) is 209 Å². The lowest BCUT2D eigenvalue weighted by Crippen LogP contribution is -2.02. The largest absolute Gasteiger partial charge is 0.456 e. The molecule has 6 heteroatoms. The molecule has 0 aliphatic carbocycles. The van der Waals surface area contributed by atoms with Gasteiger partial charge in [0.05, 0.1) is 27.8 Å². The second-order valence-electron chi connectivity index (χ2n) is 17.6. The average Bonchev–Trinajstić information content (AvgIpc) is 4.08. The summed E-state index contributed by atoms with van der Waals surface area (Å²) in [4.78, 5) is 15.7. The second-order valence-corrected chi connectivity index (χ2v) is 17.6. The van der Waals surface area contributed by atoms with Crippen LogP contribution in [0.3, 0.4) is 0 Å². The van der Waals surface area contributed by atoms with Gasteiger partial charge in [-0.2, -0.15) is 0 Å². The molecule has 4 aromatic heterocycles. The summed E-state index contributed by atoms with van der Waals surface area (Å²) in [5.74, 6) is 1.78. The first-order valence-electron chi connectivity index (χ1n) is 23.3. The van der Waals surface area contributed by atoms with E-state index >= 15 is 0 Å². The predicted octanol–water partition coefficient (Wildman–Crippen LogP) is 16.3. The molecule has 69 heavy (non-hydrogen) atoms. The number of benzene rings is 10. The summed E-state index contributed by atoms with van der Waals surface area (Å²) in [5.41, 5.74) is 15.6. The molecule has 0 unspecified atom stereocenters. The number of aromatic nitrogens is 5. The SMILES string of the molecule is c1ccc(-c2ccc(-n3c4ccccc4c4cccc(-n5c6ccccc6c6ccc(-c7nc(-c8ccccc8)nc(-c8ccc9oc%10ccc(-c%11ccccc%11)cc%10c9c8)n7)cc65)c43)cc2)cc1. The molecule has 0 bridgehead atoms. The minimum Gasteiger partial charge on any atom is -0.456 e. The third kappa shape index (κ3) is 6.38. The molecule has 322 valence electrons. The summed E-state index contributed by atoms with van der Waals surface area (Å²) in [7, 11) is 0. The normalized spacial score (nSPS) is 11.8. The van der Waals surface area contributed by atoms with Gasteiger partial charge in [-0.3, -0.25) is 0 Å². The van der Waals surface area contributed by atoms with Crippen LogP contribution < -0.4 is 0 Å². The summed E-state index contributed by atoms with van der Waals surface area (Å²) in [6.07, 6.45) is 0. The van der Waals surface area contributed by atoms with Gasteiger partial charge in [-0.1, -0.05) is 170 Å². The monoisotopic (exact) mass is 881 g/mol. The van der Waals surface area contributed by atoms with E-state index in [0.717, 1.165) is 88.6 Å². The highest BCUT2D eigenvalue weighted by Crippen LogP contribution is 2.41. The minimum absolute atomic E-state index is 0.586. The van der Waals surface area contributed by atoms with Crippen LogP contribution >= 0.6 is 0 Å². The number of rotatable bonds is 7. The van der Waals surface area contributed by atoms with Crippen LogP contribution in [-0.2, 0) is 0 Å². The Morgan fingerprint density at radius 3 is 1.39 bits per heavy atom. The zero-order chi connectivity index (χ0) is 45.4.